The van der Waals surface area contributed by atoms with Crippen molar-refractivity contribution in [2.45, 2.75) is 20.4 Å². The molecule has 0 aliphatic carbocycles. The van der Waals surface area contributed by atoms with E-state index in [9.17, 15) is 4.79 Å². The maximum absolute atomic E-state index is 11.6. The molecule has 0 atom stereocenters. The fourth-order valence-electron chi connectivity index (χ4n) is 1.71. The number of hydrogen-bond donors (Lipinski definition) is 1. The predicted octanol–water partition coefficient (Wildman–Crippen LogP) is 1.16. The van der Waals surface area contributed by atoms with E-state index in [4.69, 9.17) is 4.52 Å². The van der Waals surface area contributed by atoms with E-state index in [1.807, 2.05) is 18.9 Å². The molecule has 20 heavy (non-hydrogen) atoms. The van der Waals surface area contributed by atoms with Gasteiger partial charge in [0, 0.05) is 26.7 Å². The molecule has 0 aliphatic heterocycles. The van der Waals surface area contributed by atoms with Crippen molar-refractivity contribution in [1.29, 1.82) is 0 Å². The van der Waals surface area contributed by atoms with Crippen LogP contribution in [0.2, 0.25) is 0 Å². The summed E-state index contributed by atoms with van der Waals surface area (Å²) in [5.74, 6) is 1.75. The van der Waals surface area contributed by atoms with Crippen LogP contribution in [0.3, 0.4) is 0 Å². The van der Waals surface area contributed by atoms with Gasteiger partial charge in [-0.25, -0.2) is 4.98 Å². The first-order valence-corrected chi connectivity index (χ1v) is 6.34. The number of hydrogen-bond acceptors (Lipinski definition) is 6. The average Bonchev–Trinajstić information content (AvgIpc) is 2.84. The van der Waals surface area contributed by atoms with Crippen LogP contribution in [0.5, 0.6) is 0 Å². The van der Waals surface area contributed by atoms with E-state index in [2.05, 4.69) is 20.4 Å². The van der Waals surface area contributed by atoms with Gasteiger partial charge >= 0.3 is 0 Å². The van der Waals surface area contributed by atoms with Crippen LogP contribution < -0.4 is 10.2 Å². The number of rotatable bonds is 5. The number of nitrogens with zero attached hydrogens (tertiary/aromatic N) is 4. The Kier molecular flexibility index (Phi) is 4.29. The summed E-state index contributed by atoms with van der Waals surface area (Å²) in [6, 6.07) is 3.53. The van der Waals surface area contributed by atoms with Gasteiger partial charge in [0.05, 0.1) is 12.1 Å². The normalized spacial score (nSPS) is 10.3. The number of nitrogens with one attached hydrogen (secondary N) is 1. The number of pyridine rings is 1. The lowest BCUT2D eigenvalue weighted by Crippen LogP contribution is -2.23. The third-order valence-corrected chi connectivity index (χ3v) is 2.69. The van der Waals surface area contributed by atoms with Crippen molar-refractivity contribution in [2.24, 2.45) is 0 Å². The van der Waals surface area contributed by atoms with Crippen molar-refractivity contribution >= 4 is 11.7 Å². The first-order valence-electron chi connectivity index (χ1n) is 6.34. The van der Waals surface area contributed by atoms with Gasteiger partial charge in [0.2, 0.25) is 5.89 Å². The van der Waals surface area contributed by atoms with E-state index in [-0.39, 0.29) is 5.91 Å². The third-order valence-electron chi connectivity index (χ3n) is 2.69. The second-order valence-corrected chi connectivity index (χ2v) is 4.35. The van der Waals surface area contributed by atoms with Crippen molar-refractivity contribution in [3.05, 3.63) is 35.6 Å². The Morgan fingerprint density at radius 2 is 2.25 bits per heavy atom. The lowest BCUT2D eigenvalue weighted by molar-refractivity contribution is 0.0955. The molecule has 1 N–H and O–H groups in total. The molecule has 0 aromatic carbocycles. The lowest BCUT2D eigenvalue weighted by atomic mass is 10.2. The molecule has 0 fully saturated rings. The molecule has 2 heterocycles. The first-order chi connectivity index (χ1) is 9.60. The van der Waals surface area contributed by atoms with E-state index in [0.717, 1.165) is 5.82 Å². The molecule has 0 unspecified atom stereocenters. The number of aryl methyl sites for hydroxylation is 1. The highest BCUT2D eigenvalue weighted by atomic mass is 16.5. The SMILES string of the molecule is CCNC(=O)c1ccc(N(C)Cc2noc(C)n2)nc1. The second-order valence-electron chi connectivity index (χ2n) is 4.35. The van der Waals surface area contributed by atoms with E-state index < -0.39 is 0 Å². The molecular weight excluding hydrogens is 258 g/mol. The summed E-state index contributed by atoms with van der Waals surface area (Å²) in [5, 5.41) is 6.56. The van der Waals surface area contributed by atoms with Gasteiger partial charge in [0.25, 0.3) is 5.91 Å². The van der Waals surface area contributed by atoms with Crippen molar-refractivity contribution in [3.8, 4) is 0 Å². The molecule has 1 amide bonds. The Morgan fingerprint density at radius 3 is 2.80 bits per heavy atom. The minimum Gasteiger partial charge on any atom is -0.352 e. The zero-order chi connectivity index (χ0) is 14.5. The van der Waals surface area contributed by atoms with Crippen LogP contribution >= 0.6 is 0 Å². The number of amides is 1. The molecule has 0 radical (unpaired) electrons. The smallest absolute Gasteiger partial charge is 0.252 e. The summed E-state index contributed by atoms with van der Waals surface area (Å²) >= 11 is 0. The van der Waals surface area contributed by atoms with Gasteiger partial charge in [-0.15, -0.1) is 0 Å². The Morgan fingerprint density at radius 1 is 1.45 bits per heavy atom. The van der Waals surface area contributed by atoms with Crippen LogP contribution in [0, 0.1) is 6.92 Å². The molecule has 0 spiro atoms. The van der Waals surface area contributed by atoms with Crippen LogP contribution in [0.1, 0.15) is 29.0 Å². The zero-order valence-corrected chi connectivity index (χ0v) is 11.8. The number of aromatic nitrogens is 3. The van der Waals surface area contributed by atoms with E-state index in [0.29, 0.717) is 30.4 Å². The fraction of sp³-hybridized carbons (Fsp3) is 0.385. The topological polar surface area (TPSA) is 84.2 Å². The molecule has 0 aliphatic rings. The quantitative estimate of drug-likeness (QED) is 0.881. The van der Waals surface area contributed by atoms with E-state index in [1.165, 1.54) is 0 Å². The molecule has 106 valence electrons. The third kappa shape index (κ3) is 3.31. The van der Waals surface area contributed by atoms with Crippen molar-refractivity contribution in [3.63, 3.8) is 0 Å². The summed E-state index contributed by atoms with van der Waals surface area (Å²) in [6.45, 7) is 4.71. The van der Waals surface area contributed by atoms with Crippen LogP contribution in [0.15, 0.2) is 22.9 Å². The highest BCUT2D eigenvalue weighted by molar-refractivity contribution is 5.93. The van der Waals surface area contributed by atoms with Crippen molar-refractivity contribution in [2.75, 3.05) is 18.5 Å². The highest BCUT2D eigenvalue weighted by Gasteiger charge is 2.10. The number of carbonyl (C=O) groups excluding carboxylic acids is 1. The Hall–Kier alpha value is -2.44. The molecule has 7 heteroatoms. The Bertz CT molecular complexity index is 579. The summed E-state index contributed by atoms with van der Waals surface area (Å²) in [6.07, 6.45) is 1.55. The summed E-state index contributed by atoms with van der Waals surface area (Å²) in [7, 11) is 1.87. The summed E-state index contributed by atoms with van der Waals surface area (Å²) < 4.78 is 4.92. The van der Waals surface area contributed by atoms with Crippen LogP contribution in [0.25, 0.3) is 0 Å². The summed E-state index contributed by atoms with van der Waals surface area (Å²) in [4.78, 5) is 21.9. The lowest BCUT2D eigenvalue weighted by Gasteiger charge is -2.15. The molecular formula is C13H17N5O2. The van der Waals surface area contributed by atoms with Gasteiger partial charge in [-0.2, -0.15) is 4.98 Å². The van der Waals surface area contributed by atoms with Gasteiger partial charge in [0.1, 0.15) is 5.82 Å². The Balaban J connectivity index is 2.03. The minimum atomic E-state index is -0.122. The largest absolute Gasteiger partial charge is 0.352 e. The predicted molar refractivity (Wildman–Crippen MR) is 73.4 cm³/mol. The Labute approximate surface area is 117 Å². The minimum absolute atomic E-state index is 0.122. The highest BCUT2D eigenvalue weighted by Crippen LogP contribution is 2.12. The molecule has 0 saturated heterocycles. The first kappa shape index (κ1) is 14.0. The van der Waals surface area contributed by atoms with Gasteiger partial charge in [-0.05, 0) is 19.1 Å². The number of carbonyl (C=O) groups is 1. The molecule has 0 saturated carbocycles. The summed E-state index contributed by atoms with van der Waals surface area (Å²) in [5.41, 5.74) is 0.541. The van der Waals surface area contributed by atoms with Crippen LogP contribution in [0.4, 0.5) is 5.82 Å². The molecule has 0 bridgehead atoms. The van der Waals surface area contributed by atoms with Crippen LogP contribution in [-0.2, 0) is 6.54 Å². The van der Waals surface area contributed by atoms with E-state index >= 15 is 0 Å². The maximum atomic E-state index is 11.6. The zero-order valence-electron chi connectivity index (χ0n) is 11.8. The van der Waals surface area contributed by atoms with Crippen molar-refractivity contribution < 1.29 is 9.32 Å². The van der Waals surface area contributed by atoms with E-state index in [1.54, 1.807) is 25.3 Å². The monoisotopic (exact) mass is 275 g/mol. The average molecular weight is 275 g/mol. The molecule has 2 rings (SSSR count). The maximum Gasteiger partial charge on any atom is 0.252 e. The second kappa shape index (κ2) is 6.14. The van der Waals surface area contributed by atoms with Crippen LogP contribution in [-0.4, -0.2) is 34.6 Å². The fourth-order valence-corrected chi connectivity index (χ4v) is 1.71. The van der Waals surface area contributed by atoms with Gasteiger partial charge in [0.15, 0.2) is 5.82 Å². The standard InChI is InChI=1S/C13H17N5O2/c1-4-14-13(19)10-5-6-12(15-7-10)18(3)8-11-16-9(2)20-17-11/h5-7H,4,8H2,1-3H3,(H,14,19). The molecule has 2 aromatic heterocycles. The molecule has 2 aromatic rings. The van der Waals surface area contributed by atoms with Crippen molar-refractivity contribution in [1.82, 2.24) is 20.4 Å². The van der Waals surface area contributed by atoms with Gasteiger partial charge in [-0.1, -0.05) is 5.16 Å². The van der Waals surface area contributed by atoms with Gasteiger partial charge in [-0.3, -0.25) is 4.79 Å². The number of anilines is 1. The van der Waals surface area contributed by atoms with Gasteiger partial charge < -0.3 is 14.7 Å². The molecule has 7 nitrogen and oxygen atoms in total.